The van der Waals surface area contributed by atoms with Gasteiger partial charge in [-0.25, -0.2) is 23.1 Å². The van der Waals surface area contributed by atoms with Crippen molar-refractivity contribution in [3.05, 3.63) is 96.3 Å². The first kappa shape index (κ1) is 18.9. The topological polar surface area (TPSA) is 68.8 Å². The van der Waals surface area contributed by atoms with Crippen LogP contribution >= 0.6 is 0 Å². The Labute approximate surface area is 166 Å². The maximum absolute atomic E-state index is 14.6. The minimum Gasteiger partial charge on any atom is -0.382 e. The fraction of sp³-hybridized carbons (Fsp3) is 0.190. The van der Waals surface area contributed by atoms with E-state index in [2.05, 4.69) is 15.2 Å². The molecule has 0 amide bonds. The van der Waals surface area contributed by atoms with E-state index in [1.807, 2.05) is 36.5 Å². The lowest BCUT2D eigenvalue weighted by molar-refractivity contribution is -0.0112. The Morgan fingerprint density at radius 1 is 1.10 bits per heavy atom. The Hall–Kier alpha value is -3.39. The minimum absolute atomic E-state index is 0.00180. The molecule has 2 unspecified atom stereocenters. The SMILES string of the molecule is CC(c1ccc(-n2cccn2)cc1)C(O)(Cn1cncn1)c1ccc(F)cc1F. The highest BCUT2D eigenvalue weighted by Crippen LogP contribution is 2.39. The minimum atomic E-state index is -1.68. The van der Waals surface area contributed by atoms with Gasteiger partial charge in [0.05, 0.1) is 12.2 Å². The summed E-state index contributed by atoms with van der Waals surface area (Å²) in [5.41, 5.74) is -0.0392. The fourth-order valence-corrected chi connectivity index (χ4v) is 3.47. The van der Waals surface area contributed by atoms with Gasteiger partial charge in [-0.1, -0.05) is 25.1 Å². The van der Waals surface area contributed by atoms with Gasteiger partial charge < -0.3 is 5.11 Å². The van der Waals surface area contributed by atoms with Crippen LogP contribution in [0.5, 0.6) is 0 Å². The van der Waals surface area contributed by atoms with Crippen LogP contribution in [-0.2, 0) is 12.1 Å². The monoisotopic (exact) mass is 395 g/mol. The molecule has 0 aliphatic carbocycles. The molecule has 6 nitrogen and oxygen atoms in total. The van der Waals surface area contributed by atoms with E-state index in [4.69, 9.17) is 0 Å². The molecule has 0 saturated carbocycles. The molecule has 0 radical (unpaired) electrons. The lowest BCUT2D eigenvalue weighted by Crippen LogP contribution is -2.38. The molecule has 0 saturated heterocycles. The molecule has 8 heteroatoms. The predicted molar refractivity (Wildman–Crippen MR) is 102 cm³/mol. The van der Waals surface area contributed by atoms with E-state index in [-0.39, 0.29) is 12.1 Å². The fourth-order valence-electron chi connectivity index (χ4n) is 3.47. The normalized spacial score (nSPS) is 14.5. The average molecular weight is 395 g/mol. The first-order valence-electron chi connectivity index (χ1n) is 9.07. The largest absolute Gasteiger partial charge is 0.382 e. The highest BCUT2D eigenvalue weighted by molar-refractivity contribution is 5.38. The maximum Gasteiger partial charge on any atom is 0.137 e. The van der Waals surface area contributed by atoms with E-state index >= 15 is 0 Å². The van der Waals surface area contributed by atoms with Crippen LogP contribution in [0.4, 0.5) is 8.78 Å². The smallest absolute Gasteiger partial charge is 0.137 e. The van der Waals surface area contributed by atoms with Crippen molar-refractivity contribution in [1.82, 2.24) is 24.5 Å². The molecule has 2 aromatic heterocycles. The number of hydrogen-bond donors (Lipinski definition) is 1. The van der Waals surface area contributed by atoms with Crippen LogP contribution in [0.15, 0.2) is 73.6 Å². The van der Waals surface area contributed by atoms with Crippen molar-refractivity contribution in [3.63, 3.8) is 0 Å². The molecule has 0 fully saturated rings. The summed E-state index contributed by atoms with van der Waals surface area (Å²) < 4.78 is 31.2. The summed E-state index contributed by atoms with van der Waals surface area (Å²) in [5.74, 6) is -2.04. The first-order valence-corrected chi connectivity index (χ1v) is 9.07. The van der Waals surface area contributed by atoms with Gasteiger partial charge in [0.15, 0.2) is 0 Å². The summed E-state index contributed by atoms with van der Waals surface area (Å²) in [7, 11) is 0. The lowest BCUT2D eigenvalue weighted by atomic mass is 9.78. The van der Waals surface area contributed by atoms with Crippen LogP contribution in [0.2, 0.25) is 0 Å². The molecule has 0 bridgehead atoms. The quantitative estimate of drug-likeness (QED) is 0.543. The van der Waals surface area contributed by atoms with Crippen LogP contribution in [-0.4, -0.2) is 29.7 Å². The van der Waals surface area contributed by atoms with Gasteiger partial charge in [-0.2, -0.15) is 10.2 Å². The molecular weight excluding hydrogens is 376 g/mol. The molecule has 0 aliphatic rings. The zero-order valence-electron chi connectivity index (χ0n) is 15.7. The van der Waals surface area contributed by atoms with E-state index in [9.17, 15) is 13.9 Å². The molecule has 2 aromatic carbocycles. The number of hydrogen-bond acceptors (Lipinski definition) is 4. The zero-order valence-corrected chi connectivity index (χ0v) is 15.7. The molecule has 1 N–H and O–H groups in total. The second-order valence-electron chi connectivity index (χ2n) is 6.91. The molecule has 0 spiro atoms. The molecule has 2 heterocycles. The maximum atomic E-state index is 14.6. The summed E-state index contributed by atoms with van der Waals surface area (Å²) in [5, 5.41) is 19.9. The van der Waals surface area contributed by atoms with Gasteiger partial charge in [-0.05, 0) is 29.8 Å². The molecule has 4 rings (SSSR count). The Kier molecular flexibility index (Phi) is 4.94. The lowest BCUT2D eigenvalue weighted by Gasteiger charge is -2.35. The van der Waals surface area contributed by atoms with Crippen molar-refractivity contribution in [2.24, 2.45) is 0 Å². The third-order valence-electron chi connectivity index (χ3n) is 5.15. The third-order valence-corrected chi connectivity index (χ3v) is 5.15. The van der Waals surface area contributed by atoms with Gasteiger partial charge in [0.25, 0.3) is 0 Å². The summed E-state index contributed by atoms with van der Waals surface area (Å²) in [6.07, 6.45) is 6.29. The third kappa shape index (κ3) is 3.66. The Bertz CT molecular complexity index is 1080. The van der Waals surface area contributed by atoms with Crippen LogP contribution in [0, 0.1) is 11.6 Å². The van der Waals surface area contributed by atoms with Crippen molar-refractivity contribution in [1.29, 1.82) is 0 Å². The second-order valence-corrected chi connectivity index (χ2v) is 6.91. The number of aliphatic hydroxyl groups is 1. The van der Waals surface area contributed by atoms with Gasteiger partial charge >= 0.3 is 0 Å². The van der Waals surface area contributed by atoms with E-state index in [0.29, 0.717) is 0 Å². The Morgan fingerprint density at radius 3 is 2.52 bits per heavy atom. The number of halogens is 2. The summed E-state index contributed by atoms with van der Waals surface area (Å²) in [6, 6.07) is 12.5. The number of aromatic nitrogens is 5. The molecular formula is C21H19F2N5O. The van der Waals surface area contributed by atoms with E-state index in [0.717, 1.165) is 23.4 Å². The van der Waals surface area contributed by atoms with Crippen LogP contribution in [0.1, 0.15) is 24.0 Å². The zero-order chi connectivity index (χ0) is 20.4. The molecule has 148 valence electrons. The number of nitrogens with zero attached hydrogens (tertiary/aromatic N) is 5. The van der Waals surface area contributed by atoms with E-state index in [1.54, 1.807) is 17.8 Å². The second kappa shape index (κ2) is 7.56. The summed E-state index contributed by atoms with van der Waals surface area (Å²) in [6.45, 7) is 1.75. The summed E-state index contributed by atoms with van der Waals surface area (Å²) in [4.78, 5) is 3.89. The van der Waals surface area contributed by atoms with E-state index < -0.39 is 23.2 Å². The van der Waals surface area contributed by atoms with Crippen LogP contribution in [0.25, 0.3) is 5.69 Å². The van der Waals surface area contributed by atoms with E-state index in [1.165, 1.54) is 23.4 Å². The highest BCUT2D eigenvalue weighted by atomic mass is 19.1. The van der Waals surface area contributed by atoms with Gasteiger partial charge in [-0.3, -0.25) is 0 Å². The van der Waals surface area contributed by atoms with Gasteiger partial charge in [0.1, 0.15) is 29.9 Å². The average Bonchev–Trinajstić information content (AvgIpc) is 3.41. The van der Waals surface area contributed by atoms with Crippen molar-refractivity contribution >= 4 is 0 Å². The predicted octanol–water partition coefficient (Wildman–Crippen LogP) is 3.43. The highest BCUT2D eigenvalue weighted by Gasteiger charge is 2.39. The number of rotatable bonds is 6. The van der Waals surface area contributed by atoms with Crippen molar-refractivity contribution in [3.8, 4) is 5.69 Å². The Balaban J connectivity index is 1.74. The standard InChI is InChI=1S/C21H19F2N5O/c1-15(16-3-6-18(7-4-16)28-10-2-9-25-28)21(29,12-27-14-24-13-26-27)19-8-5-17(22)11-20(19)23/h2-11,13-15,29H,12H2,1H3. The van der Waals surface area contributed by atoms with Crippen LogP contribution in [0.3, 0.4) is 0 Å². The van der Waals surface area contributed by atoms with Gasteiger partial charge in [0.2, 0.25) is 0 Å². The number of benzene rings is 2. The summed E-state index contributed by atoms with van der Waals surface area (Å²) >= 11 is 0. The first-order chi connectivity index (χ1) is 14.0. The van der Waals surface area contributed by atoms with Crippen molar-refractivity contribution in [2.75, 3.05) is 0 Å². The van der Waals surface area contributed by atoms with Crippen molar-refractivity contribution < 1.29 is 13.9 Å². The van der Waals surface area contributed by atoms with Crippen molar-refractivity contribution in [2.45, 2.75) is 25.0 Å². The van der Waals surface area contributed by atoms with Gasteiger partial charge in [-0.15, -0.1) is 0 Å². The molecule has 29 heavy (non-hydrogen) atoms. The molecule has 4 aromatic rings. The Morgan fingerprint density at radius 2 is 1.90 bits per heavy atom. The molecule has 2 atom stereocenters. The molecule has 0 aliphatic heterocycles. The van der Waals surface area contributed by atoms with Gasteiger partial charge in [0, 0.05) is 29.9 Å². The van der Waals surface area contributed by atoms with Crippen LogP contribution < -0.4 is 0 Å².